The van der Waals surface area contributed by atoms with Crippen LogP contribution in [0.1, 0.15) is 12.8 Å². The van der Waals surface area contributed by atoms with Crippen molar-refractivity contribution in [1.29, 1.82) is 0 Å². The van der Waals surface area contributed by atoms with Gasteiger partial charge in [0.15, 0.2) is 0 Å². The fourth-order valence-corrected chi connectivity index (χ4v) is 2.83. The van der Waals surface area contributed by atoms with Gasteiger partial charge in [0.05, 0.1) is 19.0 Å². The van der Waals surface area contributed by atoms with Gasteiger partial charge in [0.2, 0.25) is 5.91 Å². The first-order valence-corrected chi connectivity index (χ1v) is 7.82. The highest BCUT2D eigenvalue weighted by Gasteiger charge is 2.26. The molecule has 24 heavy (non-hydrogen) atoms. The summed E-state index contributed by atoms with van der Waals surface area (Å²) in [6.45, 7) is 1.49. The summed E-state index contributed by atoms with van der Waals surface area (Å²) in [7, 11) is 1.45. The van der Waals surface area contributed by atoms with Crippen molar-refractivity contribution in [2.45, 2.75) is 12.8 Å². The molecule has 0 spiro atoms. The number of hydrogen-bond acceptors (Lipinski definition) is 5. The molecule has 0 saturated carbocycles. The van der Waals surface area contributed by atoms with E-state index in [0.717, 1.165) is 31.7 Å². The van der Waals surface area contributed by atoms with Gasteiger partial charge in [-0.05, 0) is 25.0 Å². The number of carbonyl (C=O) groups excluding carboxylic acids is 1. The van der Waals surface area contributed by atoms with Crippen LogP contribution in [0.3, 0.4) is 0 Å². The number of hydrogen-bond donors (Lipinski definition) is 1. The summed E-state index contributed by atoms with van der Waals surface area (Å²) in [5.74, 6) is 0.588. The summed E-state index contributed by atoms with van der Waals surface area (Å²) in [6, 6.07) is 4.07. The van der Waals surface area contributed by atoms with Crippen LogP contribution < -0.4 is 15.0 Å². The lowest BCUT2D eigenvalue weighted by molar-refractivity contribution is -0.120. The molecule has 1 amide bonds. The number of anilines is 2. The zero-order valence-electron chi connectivity index (χ0n) is 13.4. The quantitative estimate of drug-likeness (QED) is 0.933. The first-order valence-electron chi connectivity index (χ1n) is 7.82. The first-order chi connectivity index (χ1) is 11.7. The van der Waals surface area contributed by atoms with Crippen LogP contribution in [-0.2, 0) is 4.79 Å². The van der Waals surface area contributed by atoms with E-state index in [-0.39, 0.29) is 11.8 Å². The predicted octanol–water partition coefficient (Wildman–Crippen LogP) is 2.48. The molecule has 1 aliphatic rings. The van der Waals surface area contributed by atoms with E-state index in [2.05, 4.69) is 20.2 Å². The second-order valence-electron chi connectivity index (χ2n) is 5.66. The topological polar surface area (TPSA) is 67.3 Å². The summed E-state index contributed by atoms with van der Waals surface area (Å²) in [4.78, 5) is 22.9. The van der Waals surface area contributed by atoms with Gasteiger partial charge in [0.25, 0.3) is 0 Å². The van der Waals surface area contributed by atoms with Gasteiger partial charge in [-0.25, -0.2) is 9.37 Å². The number of nitrogens with zero attached hydrogens (tertiary/aromatic N) is 3. The summed E-state index contributed by atoms with van der Waals surface area (Å²) in [5, 5.41) is 2.84. The van der Waals surface area contributed by atoms with Gasteiger partial charge in [0, 0.05) is 37.5 Å². The van der Waals surface area contributed by atoms with Crippen molar-refractivity contribution in [2.24, 2.45) is 5.92 Å². The number of aromatic nitrogens is 2. The van der Waals surface area contributed by atoms with E-state index < -0.39 is 5.82 Å². The first kappa shape index (κ1) is 16.2. The highest BCUT2D eigenvalue weighted by Crippen LogP contribution is 2.27. The third kappa shape index (κ3) is 3.61. The molecule has 1 aliphatic heterocycles. The van der Waals surface area contributed by atoms with Crippen molar-refractivity contribution < 1.29 is 13.9 Å². The van der Waals surface area contributed by atoms with Crippen LogP contribution in [0.25, 0.3) is 0 Å². The van der Waals surface area contributed by atoms with E-state index in [1.165, 1.54) is 25.3 Å². The maximum absolute atomic E-state index is 13.2. The minimum absolute atomic E-state index is 0.0706. The Hall–Kier alpha value is -2.70. The second-order valence-corrected chi connectivity index (χ2v) is 5.66. The molecule has 126 valence electrons. The molecule has 2 aromatic rings. The van der Waals surface area contributed by atoms with Crippen molar-refractivity contribution >= 4 is 17.4 Å². The van der Waals surface area contributed by atoms with Crippen molar-refractivity contribution in [3.63, 3.8) is 0 Å². The van der Waals surface area contributed by atoms with E-state index in [9.17, 15) is 9.18 Å². The number of carbonyl (C=O) groups is 1. The highest BCUT2D eigenvalue weighted by molar-refractivity contribution is 5.94. The summed E-state index contributed by atoms with van der Waals surface area (Å²) < 4.78 is 18.3. The molecule has 3 rings (SSSR count). The maximum Gasteiger partial charge on any atom is 0.227 e. The Balaban J connectivity index is 1.60. The van der Waals surface area contributed by atoms with Gasteiger partial charge in [-0.2, -0.15) is 0 Å². The molecule has 0 unspecified atom stereocenters. The van der Waals surface area contributed by atoms with Crippen LogP contribution >= 0.6 is 0 Å². The van der Waals surface area contributed by atoms with Crippen molar-refractivity contribution in [1.82, 2.24) is 9.97 Å². The minimum Gasteiger partial charge on any atom is -0.494 e. The fraction of sp³-hybridized carbons (Fsp3) is 0.353. The van der Waals surface area contributed by atoms with Crippen molar-refractivity contribution in [2.75, 3.05) is 30.4 Å². The molecule has 1 aromatic heterocycles. The Morgan fingerprint density at radius 1 is 1.33 bits per heavy atom. The van der Waals surface area contributed by atoms with E-state index in [4.69, 9.17) is 4.74 Å². The molecule has 0 bridgehead atoms. The zero-order valence-corrected chi connectivity index (χ0v) is 13.4. The van der Waals surface area contributed by atoms with Crippen LogP contribution in [0.2, 0.25) is 0 Å². The Kier molecular flexibility index (Phi) is 4.88. The predicted molar refractivity (Wildman–Crippen MR) is 88.6 cm³/mol. The van der Waals surface area contributed by atoms with E-state index in [1.807, 2.05) is 0 Å². The summed E-state index contributed by atoms with van der Waals surface area (Å²) in [6.07, 6.45) is 6.48. The SMILES string of the molecule is COc1cc(F)ccc1NC(=O)C1CCN(c2cnccn2)CC1. The van der Waals surface area contributed by atoms with E-state index >= 15 is 0 Å². The van der Waals surface area contributed by atoms with Crippen LogP contribution in [0.5, 0.6) is 5.75 Å². The molecule has 6 nitrogen and oxygen atoms in total. The standard InChI is InChI=1S/C17H19FN4O2/c1-24-15-10-13(18)2-3-14(15)21-17(23)12-4-8-22(9-5-12)16-11-19-6-7-20-16/h2-3,6-7,10-12H,4-5,8-9H2,1H3,(H,21,23). The van der Waals surface area contributed by atoms with Crippen LogP contribution in [0.15, 0.2) is 36.8 Å². The third-order valence-electron chi connectivity index (χ3n) is 4.16. The highest BCUT2D eigenvalue weighted by atomic mass is 19.1. The van der Waals surface area contributed by atoms with Gasteiger partial charge >= 0.3 is 0 Å². The lowest BCUT2D eigenvalue weighted by Crippen LogP contribution is -2.38. The third-order valence-corrected chi connectivity index (χ3v) is 4.16. The molecule has 1 N–H and O–H groups in total. The fourth-order valence-electron chi connectivity index (χ4n) is 2.83. The Morgan fingerprint density at radius 2 is 2.12 bits per heavy atom. The molecule has 2 heterocycles. The Labute approximate surface area is 139 Å². The Bertz CT molecular complexity index is 703. The number of halogens is 1. The van der Waals surface area contributed by atoms with Gasteiger partial charge in [-0.15, -0.1) is 0 Å². The smallest absolute Gasteiger partial charge is 0.227 e. The van der Waals surface area contributed by atoms with Crippen molar-refractivity contribution in [3.05, 3.63) is 42.6 Å². The number of nitrogens with one attached hydrogen (secondary N) is 1. The average molecular weight is 330 g/mol. The summed E-state index contributed by atoms with van der Waals surface area (Å²) >= 11 is 0. The molecule has 7 heteroatoms. The number of piperidine rings is 1. The molecular weight excluding hydrogens is 311 g/mol. The number of benzene rings is 1. The molecule has 1 saturated heterocycles. The summed E-state index contributed by atoms with van der Waals surface area (Å²) in [5.41, 5.74) is 0.486. The second kappa shape index (κ2) is 7.25. The minimum atomic E-state index is -0.401. The Morgan fingerprint density at radius 3 is 2.79 bits per heavy atom. The van der Waals surface area contributed by atoms with Gasteiger partial charge in [0.1, 0.15) is 17.4 Å². The van der Waals surface area contributed by atoms with E-state index in [0.29, 0.717) is 11.4 Å². The largest absolute Gasteiger partial charge is 0.494 e. The number of rotatable bonds is 4. The number of ether oxygens (including phenoxy) is 1. The maximum atomic E-state index is 13.2. The number of methoxy groups -OCH3 is 1. The molecular formula is C17H19FN4O2. The molecule has 1 aromatic carbocycles. The van der Waals surface area contributed by atoms with Gasteiger partial charge < -0.3 is 15.0 Å². The lowest BCUT2D eigenvalue weighted by Gasteiger charge is -2.31. The molecule has 0 radical (unpaired) electrons. The number of amides is 1. The van der Waals surface area contributed by atoms with Crippen LogP contribution in [0, 0.1) is 11.7 Å². The normalized spacial score (nSPS) is 15.2. The van der Waals surface area contributed by atoms with Crippen LogP contribution in [0.4, 0.5) is 15.9 Å². The lowest BCUT2D eigenvalue weighted by atomic mass is 9.96. The van der Waals surface area contributed by atoms with Gasteiger partial charge in [-0.1, -0.05) is 0 Å². The zero-order chi connectivity index (χ0) is 16.9. The average Bonchev–Trinajstić information content (AvgIpc) is 2.64. The molecule has 1 fully saturated rings. The van der Waals surface area contributed by atoms with E-state index in [1.54, 1.807) is 18.6 Å². The molecule has 0 atom stereocenters. The van der Waals surface area contributed by atoms with Gasteiger partial charge in [-0.3, -0.25) is 9.78 Å². The monoisotopic (exact) mass is 330 g/mol. The molecule has 0 aliphatic carbocycles. The van der Waals surface area contributed by atoms with Crippen molar-refractivity contribution in [3.8, 4) is 5.75 Å². The van der Waals surface area contributed by atoms with Crippen LogP contribution in [-0.4, -0.2) is 36.1 Å².